The molecular weight excluding hydrogens is 536 g/mol. The number of alkyl carbamates (subject to hydrolysis) is 1. The molecule has 12 heteroatoms. The van der Waals surface area contributed by atoms with Crippen molar-refractivity contribution in [2.75, 3.05) is 20.2 Å². The van der Waals surface area contributed by atoms with Gasteiger partial charge in [-0.05, 0) is 30.5 Å². The lowest BCUT2D eigenvalue weighted by Crippen LogP contribution is -2.43. The summed E-state index contributed by atoms with van der Waals surface area (Å²) in [6.07, 6.45) is -0.0116. The molecule has 3 unspecified atom stereocenters. The van der Waals surface area contributed by atoms with Crippen LogP contribution in [0.15, 0.2) is 66.7 Å². The van der Waals surface area contributed by atoms with E-state index in [4.69, 9.17) is 16.3 Å². The van der Waals surface area contributed by atoms with Crippen LogP contribution in [0.1, 0.15) is 30.1 Å². The van der Waals surface area contributed by atoms with Gasteiger partial charge in [-0.1, -0.05) is 60.1 Å². The summed E-state index contributed by atoms with van der Waals surface area (Å²) in [5.41, 5.74) is -0.421. The molecule has 1 fully saturated rings. The number of alkyl halides is 2. The third-order valence-corrected chi connectivity index (χ3v) is 6.21. The predicted molar refractivity (Wildman–Crippen MR) is 138 cm³/mol. The van der Waals surface area contributed by atoms with Crippen molar-refractivity contribution in [3.63, 3.8) is 0 Å². The largest absolute Gasteiger partial charge is 0.466 e. The van der Waals surface area contributed by atoms with Gasteiger partial charge in [0.2, 0.25) is 11.8 Å². The van der Waals surface area contributed by atoms with E-state index in [1.807, 2.05) is 0 Å². The molecule has 0 saturated carbocycles. The van der Waals surface area contributed by atoms with Crippen molar-refractivity contribution >= 4 is 35.5 Å². The van der Waals surface area contributed by atoms with Crippen molar-refractivity contribution in [1.82, 2.24) is 16.0 Å². The summed E-state index contributed by atoms with van der Waals surface area (Å²) in [5, 5.41) is 7.56. The Kier molecular flexibility index (Phi) is 10.4. The normalized spacial score (nSPS) is 16.7. The van der Waals surface area contributed by atoms with Gasteiger partial charge in [0.05, 0.1) is 7.11 Å². The zero-order chi connectivity index (χ0) is 28.4. The Labute approximate surface area is 228 Å². The lowest BCUT2D eigenvalue weighted by atomic mass is 9.97. The second kappa shape index (κ2) is 13.7. The number of ether oxygens (including phenoxy) is 2. The van der Waals surface area contributed by atoms with Gasteiger partial charge in [0.25, 0.3) is 0 Å². The van der Waals surface area contributed by atoms with Crippen LogP contribution in [0, 0.1) is 5.92 Å². The molecule has 9 nitrogen and oxygen atoms in total. The van der Waals surface area contributed by atoms with Crippen LogP contribution in [0.2, 0.25) is 5.02 Å². The second-order valence-corrected chi connectivity index (χ2v) is 9.19. The Hall–Kier alpha value is -3.99. The van der Waals surface area contributed by atoms with E-state index in [9.17, 15) is 19.2 Å². The first-order chi connectivity index (χ1) is 18.6. The molecule has 2 aromatic rings. The zero-order valence-corrected chi connectivity index (χ0v) is 21.8. The smallest absolute Gasteiger partial charge is 0.408 e. The Balaban J connectivity index is 1.66. The topological polar surface area (TPSA) is 123 Å². The number of carbonyl (C=O) groups excluding carboxylic acids is 4. The van der Waals surface area contributed by atoms with Crippen LogP contribution < -0.4 is 16.0 Å². The highest BCUT2D eigenvalue weighted by molar-refractivity contribution is 6.30. The fourth-order valence-electron chi connectivity index (χ4n) is 4.01. The summed E-state index contributed by atoms with van der Waals surface area (Å²) in [6, 6.07) is 11.8. The standard InChI is InChI=1S/C27H28ClF2N3O6/c1-38-23(35)11-10-21(14-18-12-13-31-25(18)36)33-22(34)16-32-26(37)39-24(17-6-3-2-4-7-17)27(29,30)19-8-5-9-20(28)15-19/h2-11,15,18,21,24H,12-14,16H2,1H3,(H,31,36)(H,32,37)(H,33,34)/b11-10+. The van der Waals surface area contributed by atoms with Gasteiger partial charge in [-0.25, -0.2) is 9.59 Å². The van der Waals surface area contributed by atoms with Gasteiger partial charge in [-0.3, -0.25) is 9.59 Å². The number of hydrogen-bond acceptors (Lipinski definition) is 6. The highest BCUT2D eigenvalue weighted by Crippen LogP contribution is 2.43. The molecule has 39 heavy (non-hydrogen) atoms. The van der Waals surface area contributed by atoms with Crippen LogP contribution in [0.3, 0.4) is 0 Å². The molecule has 0 bridgehead atoms. The van der Waals surface area contributed by atoms with Gasteiger partial charge in [0, 0.05) is 35.2 Å². The van der Waals surface area contributed by atoms with Gasteiger partial charge in [-0.15, -0.1) is 0 Å². The lowest BCUT2D eigenvalue weighted by Gasteiger charge is -2.27. The number of halogens is 3. The van der Waals surface area contributed by atoms with E-state index in [-0.39, 0.29) is 28.8 Å². The maximum atomic E-state index is 15.5. The number of esters is 1. The monoisotopic (exact) mass is 563 g/mol. The first kappa shape index (κ1) is 29.6. The fourth-order valence-corrected chi connectivity index (χ4v) is 4.20. The third kappa shape index (κ3) is 8.51. The Morgan fingerprint density at radius 2 is 1.92 bits per heavy atom. The van der Waals surface area contributed by atoms with Crippen LogP contribution in [0.25, 0.3) is 0 Å². The predicted octanol–water partition coefficient (Wildman–Crippen LogP) is 3.64. The van der Waals surface area contributed by atoms with E-state index in [0.717, 1.165) is 12.1 Å². The average Bonchev–Trinajstić information content (AvgIpc) is 3.33. The maximum absolute atomic E-state index is 15.5. The van der Waals surface area contributed by atoms with Crippen LogP contribution in [-0.4, -0.2) is 50.1 Å². The van der Waals surface area contributed by atoms with E-state index in [1.165, 1.54) is 55.7 Å². The van der Waals surface area contributed by atoms with Crippen LogP contribution in [-0.2, 0) is 29.8 Å². The maximum Gasteiger partial charge on any atom is 0.408 e. The Morgan fingerprint density at radius 3 is 2.56 bits per heavy atom. The fraction of sp³-hybridized carbons (Fsp3) is 0.333. The van der Waals surface area contributed by atoms with Gasteiger partial charge >= 0.3 is 18.0 Å². The second-order valence-electron chi connectivity index (χ2n) is 8.75. The molecule has 1 saturated heterocycles. The van der Waals surface area contributed by atoms with E-state index < -0.39 is 48.1 Å². The molecule has 2 aromatic carbocycles. The number of rotatable bonds is 11. The van der Waals surface area contributed by atoms with Crippen molar-refractivity contribution in [1.29, 1.82) is 0 Å². The zero-order valence-electron chi connectivity index (χ0n) is 21.0. The number of amides is 3. The van der Waals surface area contributed by atoms with E-state index >= 15 is 8.78 Å². The molecule has 0 aromatic heterocycles. The summed E-state index contributed by atoms with van der Waals surface area (Å²) >= 11 is 5.89. The van der Waals surface area contributed by atoms with Gasteiger partial charge < -0.3 is 25.4 Å². The molecule has 1 aliphatic heterocycles. The molecule has 0 spiro atoms. The molecule has 208 valence electrons. The Morgan fingerprint density at radius 1 is 1.18 bits per heavy atom. The number of carbonyl (C=O) groups is 4. The van der Waals surface area contributed by atoms with Crippen LogP contribution >= 0.6 is 11.6 Å². The van der Waals surface area contributed by atoms with Crippen molar-refractivity contribution in [3.05, 3.63) is 82.9 Å². The van der Waals surface area contributed by atoms with Crippen molar-refractivity contribution in [2.45, 2.75) is 30.9 Å². The highest BCUT2D eigenvalue weighted by Gasteiger charge is 2.45. The molecule has 1 heterocycles. The van der Waals surface area contributed by atoms with E-state index in [1.54, 1.807) is 6.07 Å². The summed E-state index contributed by atoms with van der Waals surface area (Å²) in [4.78, 5) is 48.5. The average molecular weight is 564 g/mol. The molecule has 0 radical (unpaired) electrons. The summed E-state index contributed by atoms with van der Waals surface area (Å²) in [6.45, 7) is -0.108. The molecule has 3 amide bonds. The number of methoxy groups -OCH3 is 1. The minimum Gasteiger partial charge on any atom is -0.466 e. The van der Waals surface area contributed by atoms with Gasteiger partial charge in [0.1, 0.15) is 6.54 Å². The highest BCUT2D eigenvalue weighted by atomic mass is 35.5. The molecule has 3 N–H and O–H groups in total. The van der Waals surface area contributed by atoms with E-state index in [0.29, 0.717) is 13.0 Å². The molecule has 0 aliphatic carbocycles. The molecular formula is C27H28ClF2N3O6. The summed E-state index contributed by atoms with van der Waals surface area (Å²) in [7, 11) is 1.19. The van der Waals surface area contributed by atoms with Gasteiger partial charge in [-0.2, -0.15) is 8.78 Å². The van der Waals surface area contributed by atoms with Crippen molar-refractivity contribution in [2.24, 2.45) is 5.92 Å². The van der Waals surface area contributed by atoms with Crippen LogP contribution in [0.5, 0.6) is 0 Å². The number of nitrogens with one attached hydrogen (secondary N) is 3. The third-order valence-electron chi connectivity index (χ3n) is 5.97. The lowest BCUT2D eigenvalue weighted by molar-refractivity contribution is -0.135. The van der Waals surface area contributed by atoms with Crippen molar-refractivity contribution < 1.29 is 37.4 Å². The minimum absolute atomic E-state index is 0.0323. The molecule has 1 aliphatic rings. The quantitative estimate of drug-likeness (QED) is 0.283. The Bertz CT molecular complexity index is 1210. The number of hydrogen-bond donors (Lipinski definition) is 3. The molecule has 3 atom stereocenters. The van der Waals surface area contributed by atoms with Crippen molar-refractivity contribution in [3.8, 4) is 0 Å². The summed E-state index contributed by atoms with van der Waals surface area (Å²) in [5.74, 6) is -5.55. The SMILES string of the molecule is COC(=O)/C=C/C(CC1CCNC1=O)NC(=O)CNC(=O)OC(c1ccccc1)C(F)(F)c1cccc(Cl)c1. The first-order valence-corrected chi connectivity index (χ1v) is 12.4. The summed E-state index contributed by atoms with van der Waals surface area (Å²) < 4.78 is 40.7. The minimum atomic E-state index is -3.66. The van der Waals surface area contributed by atoms with Crippen LogP contribution in [0.4, 0.5) is 13.6 Å². The molecule has 3 rings (SSSR count). The van der Waals surface area contributed by atoms with E-state index in [2.05, 4.69) is 20.7 Å². The first-order valence-electron chi connectivity index (χ1n) is 12.1. The van der Waals surface area contributed by atoms with Gasteiger partial charge in [0.15, 0.2) is 6.10 Å². The number of benzene rings is 2.